The Morgan fingerprint density at radius 1 is 1.17 bits per heavy atom. The minimum atomic E-state index is -3.17. The second kappa shape index (κ2) is 7.07. The first kappa shape index (κ1) is 19.8. The first-order chi connectivity index (χ1) is 13.7. The number of phenolic OH excluding ortho intramolecular Hbond substituents is 1. The third-order valence-corrected chi connectivity index (χ3v) is 6.90. The van der Waals surface area contributed by atoms with Gasteiger partial charge in [0.25, 0.3) is 0 Å². The standard InChI is InChI=1S/C20H21F2N3O3S/c1-11-9-15(18(22)20(26)17(11)21)19-14-4-3-13(10-16(14)23-24-19)12-5-7-25(8-6-12)29(2,27)28/h3-4,9-10,12,26H,5-8H2,1-2H3,(H,23,24). The van der Waals surface area contributed by atoms with Gasteiger partial charge in [-0.05, 0) is 48.9 Å². The number of hydrogen-bond acceptors (Lipinski definition) is 4. The third-order valence-electron chi connectivity index (χ3n) is 5.60. The molecule has 1 aliphatic heterocycles. The summed E-state index contributed by atoms with van der Waals surface area (Å²) in [6, 6.07) is 7.01. The number of halogens is 2. The van der Waals surface area contributed by atoms with Gasteiger partial charge in [-0.2, -0.15) is 5.10 Å². The van der Waals surface area contributed by atoms with Gasteiger partial charge in [0.15, 0.2) is 17.4 Å². The molecule has 9 heteroatoms. The van der Waals surface area contributed by atoms with Crippen molar-refractivity contribution in [3.8, 4) is 17.0 Å². The van der Waals surface area contributed by atoms with Crippen LogP contribution in [0.25, 0.3) is 22.2 Å². The zero-order valence-electron chi connectivity index (χ0n) is 16.0. The number of piperidine rings is 1. The summed E-state index contributed by atoms with van der Waals surface area (Å²) in [6.07, 6.45) is 2.66. The summed E-state index contributed by atoms with van der Waals surface area (Å²) < 4.78 is 53.0. The first-order valence-electron chi connectivity index (χ1n) is 9.28. The van der Waals surface area contributed by atoms with Crippen LogP contribution in [0.1, 0.15) is 29.9 Å². The summed E-state index contributed by atoms with van der Waals surface area (Å²) in [6.45, 7) is 2.41. The van der Waals surface area contributed by atoms with Crippen molar-refractivity contribution in [1.82, 2.24) is 14.5 Å². The van der Waals surface area contributed by atoms with Crippen molar-refractivity contribution in [2.75, 3.05) is 19.3 Å². The minimum absolute atomic E-state index is 0.0295. The molecular weight excluding hydrogens is 400 g/mol. The van der Waals surface area contributed by atoms with Crippen molar-refractivity contribution in [3.63, 3.8) is 0 Å². The molecule has 1 fully saturated rings. The number of hydrogen-bond donors (Lipinski definition) is 2. The topological polar surface area (TPSA) is 86.3 Å². The van der Waals surface area contributed by atoms with E-state index in [2.05, 4.69) is 10.2 Å². The molecule has 0 aliphatic carbocycles. The van der Waals surface area contributed by atoms with Crippen LogP contribution in [0.3, 0.4) is 0 Å². The van der Waals surface area contributed by atoms with E-state index in [9.17, 15) is 22.3 Å². The van der Waals surface area contributed by atoms with E-state index in [1.54, 1.807) is 0 Å². The van der Waals surface area contributed by atoms with Gasteiger partial charge in [-0.1, -0.05) is 12.1 Å². The lowest BCUT2D eigenvalue weighted by molar-refractivity contribution is 0.321. The molecule has 29 heavy (non-hydrogen) atoms. The number of nitrogens with zero attached hydrogens (tertiary/aromatic N) is 2. The SMILES string of the molecule is Cc1cc(-c2n[nH]c3cc(C4CCN(S(C)(=O)=O)CC4)ccc23)c(F)c(O)c1F. The average molecular weight is 421 g/mol. The Balaban J connectivity index is 1.66. The highest BCUT2D eigenvalue weighted by atomic mass is 32.2. The van der Waals surface area contributed by atoms with E-state index in [4.69, 9.17) is 0 Å². The van der Waals surface area contributed by atoms with Gasteiger partial charge in [-0.3, -0.25) is 5.10 Å². The number of benzene rings is 2. The molecule has 0 unspecified atom stereocenters. The van der Waals surface area contributed by atoms with Gasteiger partial charge in [-0.15, -0.1) is 0 Å². The predicted octanol–water partition coefficient (Wildman–Crippen LogP) is 3.66. The van der Waals surface area contributed by atoms with Crippen LogP contribution in [0.2, 0.25) is 0 Å². The number of aromatic nitrogens is 2. The molecular formula is C20H21F2N3O3S. The summed E-state index contributed by atoms with van der Waals surface area (Å²) in [7, 11) is -3.17. The fourth-order valence-corrected chi connectivity index (χ4v) is 4.82. The number of sulfonamides is 1. The molecule has 3 aromatic rings. The van der Waals surface area contributed by atoms with Gasteiger partial charge in [0.05, 0.1) is 11.8 Å². The molecule has 0 atom stereocenters. The van der Waals surface area contributed by atoms with Gasteiger partial charge in [0, 0.05) is 24.0 Å². The quantitative estimate of drug-likeness (QED) is 0.676. The molecule has 0 amide bonds. The van der Waals surface area contributed by atoms with Crippen molar-refractivity contribution in [2.45, 2.75) is 25.7 Å². The van der Waals surface area contributed by atoms with Crippen LogP contribution in [0.15, 0.2) is 24.3 Å². The summed E-state index contributed by atoms with van der Waals surface area (Å²) in [4.78, 5) is 0. The number of fused-ring (bicyclic) bond motifs is 1. The minimum Gasteiger partial charge on any atom is -0.503 e. The van der Waals surface area contributed by atoms with Gasteiger partial charge in [0.1, 0.15) is 5.69 Å². The van der Waals surface area contributed by atoms with Gasteiger partial charge >= 0.3 is 0 Å². The molecule has 1 saturated heterocycles. The normalized spacial score (nSPS) is 16.6. The van der Waals surface area contributed by atoms with Crippen molar-refractivity contribution in [2.24, 2.45) is 0 Å². The fraction of sp³-hybridized carbons (Fsp3) is 0.350. The number of rotatable bonds is 3. The number of aromatic amines is 1. The zero-order chi connectivity index (χ0) is 20.9. The largest absolute Gasteiger partial charge is 0.503 e. The molecule has 6 nitrogen and oxygen atoms in total. The van der Waals surface area contributed by atoms with Gasteiger partial charge in [-0.25, -0.2) is 21.5 Å². The second-order valence-corrected chi connectivity index (χ2v) is 9.51. The van der Waals surface area contributed by atoms with Crippen molar-refractivity contribution in [1.29, 1.82) is 0 Å². The number of H-pyrrole nitrogens is 1. The highest BCUT2D eigenvalue weighted by Crippen LogP contribution is 2.37. The second-order valence-electron chi connectivity index (χ2n) is 7.53. The lowest BCUT2D eigenvalue weighted by atomic mass is 9.89. The van der Waals surface area contributed by atoms with E-state index in [0.29, 0.717) is 29.7 Å². The number of phenols is 1. The Hall–Kier alpha value is -2.52. The molecule has 1 aliphatic rings. The summed E-state index contributed by atoms with van der Waals surface area (Å²) in [5.41, 5.74) is 2.21. The molecule has 0 saturated carbocycles. The number of nitrogens with one attached hydrogen (secondary N) is 1. The van der Waals surface area contributed by atoms with Crippen LogP contribution in [-0.4, -0.2) is 47.4 Å². The molecule has 2 heterocycles. The van der Waals surface area contributed by atoms with Crippen LogP contribution >= 0.6 is 0 Å². The molecule has 154 valence electrons. The van der Waals surface area contributed by atoms with Gasteiger partial charge < -0.3 is 5.11 Å². The molecule has 0 spiro atoms. The molecule has 0 bridgehead atoms. The Bertz CT molecular complexity index is 1200. The van der Waals surface area contributed by atoms with Crippen molar-refractivity contribution in [3.05, 3.63) is 47.0 Å². The number of aryl methyl sites for hydroxylation is 1. The maximum Gasteiger partial charge on any atom is 0.211 e. The highest BCUT2D eigenvalue weighted by molar-refractivity contribution is 7.88. The Morgan fingerprint density at radius 3 is 2.52 bits per heavy atom. The summed E-state index contributed by atoms with van der Waals surface area (Å²) in [5, 5.41) is 17.4. The highest BCUT2D eigenvalue weighted by Gasteiger charge is 2.26. The average Bonchev–Trinajstić information content (AvgIpc) is 3.11. The lowest BCUT2D eigenvalue weighted by Crippen LogP contribution is -2.37. The van der Waals surface area contributed by atoms with E-state index in [1.165, 1.54) is 23.6 Å². The Morgan fingerprint density at radius 2 is 1.86 bits per heavy atom. The lowest BCUT2D eigenvalue weighted by Gasteiger charge is -2.30. The first-order valence-corrected chi connectivity index (χ1v) is 11.1. The molecule has 4 rings (SSSR count). The number of aromatic hydroxyl groups is 1. The van der Waals surface area contributed by atoms with E-state index in [0.717, 1.165) is 18.4 Å². The monoisotopic (exact) mass is 421 g/mol. The molecule has 1 aromatic heterocycles. The van der Waals surface area contributed by atoms with Crippen molar-refractivity contribution >= 4 is 20.9 Å². The van der Waals surface area contributed by atoms with Crippen molar-refractivity contribution < 1.29 is 22.3 Å². The Kier molecular flexibility index (Phi) is 4.82. The molecule has 2 N–H and O–H groups in total. The fourth-order valence-electron chi connectivity index (χ4n) is 3.94. The summed E-state index contributed by atoms with van der Waals surface area (Å²) in [5.74, 6) is -2.81. The maximum absolute atomic E-state index is 14.4. The van der Waals surface area contributed by atoms with Crippen LogP contribution in [0.5, 0.6) is 5.75 Å². The van der Waals surface area contributed by atoms with E-state index in [-0.39, 0.29) is 17.0 Å². The van der Waals surface area contributed by atoms with Gasteiger partial charge in [0.2, 0.25) is 10.0 Å². The van der Waals surface area contributed by atoms with E-state index in [1.807, 2.05) is 18.2 Å². The van der Waals surface area contributed by atoms with Crippen LogP contribution < -0.4 is 0 Å². The molecule has 0 radical (unpaired) electrons. The smallest absolute Gasteiger partial charge is 0.211 e. The van der Waals surface area contributed by atoms with E-state index < -0.39 is 27.4 Å². The van der Waals surface area contributed by atoms with Crippen LogP contribution in [0.4, 0.5) is 8.78 Å². The predicted molar refractivity (Wildman–Crippen MR) is 106 cm³/mol. The zero-order valence-corrected chi connectivity index (χ0v) is 16.9. The maximum atomic E-state index is 14.4. The van der Waals surface area contributed by atoms with Crippen LogP contribution in [0, 0.1) is 18.6 Å². The Labute approximate surface area is 167 Å². The van der Waals surface area contributed by atoms with E-state index >= 15 is 0 Å². The third kappa shape index (κ3) is 3.49. The van der Waals surface area contributed by atoms with Crippen LogP contribution in [-0.2, 0) is 10.0 Å². The molecule has 2 aromatic carbocycles. The summed E-state index contributed by atoms with van der Waals surface area (Å²) >= 11 is 0.